The third kappa shape index (κ3) is 9.82. The van der Waals surface area contributed by atoms with Crippen molar-refractivity contribution >= 4 is 35.3 Å². The molecule has 2 fully saturated rings. The lowest BCUT2D eigenvalue weighted by molar-refractivity contribution is -0.144. The fraction of sp³-hybridized carbons (Fsp3) is 0.621. The van der Waals surface area contributed by atoms with Gasteiger partial charge in [0.25, 0.3) is 0 Å². The lowest BCUT2D eigenvalue weighted by Crippen LogP contribution is -2.51. The van der Waals surface area contributed by atoms with Gasteiger partial charge in [0.15, 0.2) is 5.78 Å². The maximum atomic E-state index is 13.1. The molecular formula is C29H43N5O7. The molecule has 0 saturated carbocycles. The molecule has 0 aliphatic carbocycles. The van der Waals surface area contributed by atoms with Crippen LogP contribution in [0.5, 0.6) is 0 Å². The van der Waals surface area contributed by atoms with Crippen LogP contribution in [0.1, 0.15) is 62.7 Å². The average Bonchev–Trinajstić information content (AvgIpc) is 2.97. The van der Waals surface area contributed by atoms with Crippen LogP contribution >= 0.6 is 0 Å². The van der Waals surface area contributed by atoms with Crippen molar-refractivity contribution in [2.45, 2.75) is 52.4 Å². The van der Waals surface area contributed by atoms with Crippen LogP contribution in [0.25, 0.3) is 0 Å². The number of carbonyl (C=O) groups excluding carboxylic acids is 4. The molecule has 41 heavy (non-hydrogen) atoms. The molecule has 3 rings (SSSR count). The fourth-order valence-electron chi connectivity index (χ4n) is 5.17. The van der Waals surface area contributed by atoms with Crippen LogP contribution in [0.4, 0.5) is 10.5 Å². The topological polar surface area (TPSA) is 171 Å². The third-order valence-corrected chi connectivity index (χ3v) is 7.59. The summed E-state index contributed by atoms with van der Waals surface area (Å²) in [5, 5.41) is 16.4. The smallest absolute Gasteiger partial charge is 0.411 e. The molecule has 2 atom stereocenters. The molecule has 0 spiro atoms. The van der Waals surface area contributed by atoms with Gasteiger partial charge in [0.05, 0.1) is 19.1 Å². The van der Waals surface area contributed by atoms with Crippen LogP contribution in [0, 0.1) is 23.7 Å². The molecule has 3 amide bonds. The maximum absolute atomic E-state index is 13.1. The third-order valence-electron chi connectivity index (χ3n) is 7.59. The van der Waals surface area contributed by atoms with Crippen molar-refractivity contribution in [3.8, 4) is 0 Å². The van der Waals surface area contributed by atoms with Crippen LogP contribution in [0.15, 0.2) is 24.3 Å². The summed E-state index contributed by atoms with van der Waals surface area (Å²) in [6, 6.07) is 5.72. The molecular weight excluding hydrogens is 530 g/mol. The number of rotatable bonds is 12. The SMILES string of the molecule is CC(C)COC(=O)Nc1ccc(C(=O)[C@@H](CN(N)C(=O)[C@@H]2CCCN(C(=O)CCC3CCNCC3)C2)C(=O)O)cc1. The van der Waals surface area contributed by atoms with Gasteiger partial charge in [-0.3, -0.25) is 29.5 Å². The highest BCUT2D eigenvalue weighted by Crippen LogP contribution is 2.23. The number of benzene rings is 1. The Bertz CT molecular complexity index is 1070. The number of Topliss-reactive ketones (excluding diaryl/α,β-unsaturated/α-hetero) is 1. The maximum Gasteiger partial charge on any atom is 0.411 e. The van der Waals surface area contributed by atoms with Crippen molar-refractivity contribution in [2.24, 2.45) is 29.5 Å². The van der Waals surface area contributed by atoms with Crippen molar-refractivity contribution in [3.63, 3.8) is 0 Å². The highest BCUT2D eigenvalue weighted by molar-refractivity contribution is 6.08. The second-order valence-corrected chi connectivity index (χ2v) is 11.4. The molecule has 1 aromatic rings. The number of carbonyl (C=O) groups is 5. The van der Waals surface area contributed by atoms with E-state index in [0.717, 1.165) is 37.4 Å². The summed E-state index contributed by atoms with van der Waals surface area (Å²) in [5.41, 5.74) is 0.479. The van der Waals surface area contributed by atoms with Crippen molar-refractivity contribution in [2.75, 3.05) is 44.6 Å². The molecule has 12 nitrogen and oxygen atoms in total. The van der Waals surface area contributed by atoms with Crippen LogP contribution in [-0.4, -0.2) is 84.0 Å². The zero-order valence-electron chi connectivity index (χ0n) is 24.0. The number of nitrogens with zero attached hydrogens (tertiary/aromatic N) is 2. The van der Waals surface area contributed by atoms with E-state index in [1.807, 2.05) is 13.8 Å². The minimum Gasteiger partial charge on any atom is -0.481 e. The van der Waals surface area contributed by atoms with Gasteiger partial charge in [-0.1, -0.05) is 13.8 Å². The molecule has 2 aliphatic rings. The van der Waals surface area contributed by atoms with E-state index in [4.69, 9.17) is 10.6 Å². The monoisotopic (exact) mass is 573 g/mol. The zero-order chi connectivity index (χ0) is 29.9. The minimum absolute atomic E-state index is 0.0225. The van der Waals surface area contributed by atoms with Crippen molar-refractivity contribution in [3.05, 3.63) is 29.8 Å². The number of ketones is 1. The van der Waals surface area contributed by atoms with E-state index < -0.39 is 42.1 Å². The van der Waals surface area contributed by atoms with Gasteiger partial charge in [0.2, 0.25) is 11.8 Å². The molecule has 12 heteroatoms. The van der Waals surface area contributed by atoms with Crippen LogP contribution in [0.2, 0.25) is 0 Å². The van der Waals surface area contributed by atoms with E-state index in [1.54, 1.807) is 4.90 Å². The first kappa shape index (κ1) is 32.0. The number of likely N-dealkylation sites (tertiary alicyclic amines) is 1. The Hall–Kier alpha value is -3.51. The molecule has 2 aliphatic heterocycles. The number of aliphatic carboxylic acids is 1. The van der Waals surface area contributed by atoms with Gasteiger partial charge in [-0.15, -0.1) is 0 Å². The highest BCUT2D eigenvalue weighted by atomic mass is 16.5. The first-order chi connectivity index (χ1) is 19.5. The number of anilines is 1. The van der Waals surface area contributed by atoms with Crippen LogP contribution < -0.4 is 16.5 Å². The van der Waals surface area contributed by atoms with Gasteiger partial charge in [0.1, 0.15) is 5.92 Å². The number of nitrogens with two attached hydrogens (primary N) is 1. The Morgan fingerprint density at radius 2 is 1.80 bits per heavy atom. The van der Waals surface area contributed by atoms with Crippen LogP contribution in [-0.2, 0) is 19.1 Å². The summed E-state index contributed by atoms with van der Waals surface area (Å²) < 4.78 is 5.06. The van der Waals surface area contributed by atoms with Crippen molar-refractivity contribution in [1.82, 2.24) is 15.2 Å². The molecule has 0 unspecified atom stereocenters. The van der Waals surface area contributed by atoms with Crippen molar-refractivity contribution < 1.29 is 33.8 Å². The second kappa shape index (κ2) is 15.5. The van der Waals surface area contributed by atoms with E-state index in [0.29, 0.717) is 37.4 Å². The van der Waals surface area contributed by atoms with Gasteiger partial charge >= 0.3 is 12.1 Å². The molecule has 1 aromatic carbocycles. The Labute approximate surface area is 240 Å². The largest absolute Gasteiger partial charge is 0.481 e. The Morgan fingerprint density at radius 1 is 1.12 bits per heavy atom. The molecule has 226 valence electrons. The van der Waals surface area contributed by atoms with Crippen molar-refractivity contribution in [1.29, 1.82) is 0 Å². The van der Waals surface area contributed by atoms with Gasteiger partial charge in [-0.25, -0.2) is 10.6 Å². The number of hydrogen-bond acceptors (Lipinski definition) is 8. The number of ether oxygens (including phenoxy) is 1. The molecule has 5 N–H and O–H groups in total. The number of hydrogen-bond donors (Lipinski definition) is 4. The summed E-state index contributed by atoms with van der Waals surface area (Å²) in [6.07, 6.45) is 3.95. The van der Waals surface area contributed by atoms with Gasteiger partial charge in [-0.2, -0.15) is 0 Å². The van der Waals surface area contributed by atoms with E-state index >= 15 is 0 Å². The predicted molar refractivity (Wildman–Crippen MR) is 152 cm³/mol. The number of piperidine rings is 2. The zero-order valence-corrected chi connectivity index (χ0v) is 24.0. The predicted octanol–water partition coefficient (Wildman–Crippen LogP) is 2.50. The summed E-state index contributed by atoms with van der Waals surface area (Å²) in [7, 11) is 0. The first-order valence-corrected chi connectivity index (χ1v) is 14.4. The van der Waals surface area contributed by atoms with Gasteiger partial charge < -0.3 is 20.1 Å². The molecule has 0 radical (unpaired) electrons. The van der Waals surface area contributed by atoms with E-state index in [1.165, 1.54) is 24.3 Å². The fourth-order valence-corrected chi connectivity index (χ4v) is 5.17. The summed E-state index contributed by atoms with van der Waals surface area (Å²) in [6.45, 7) is 6.33. The lowest BCUT2D eigenvalue weighted by Gasteiger charge is -2.34. The summed E-state index contributed by atoms with van der Waals surface area (Å²) >= 11 is 0. The Kier molecular flexibility index (Phi) is 12.1. The van der Waals surface area contributed by atoms with E-state index in [2.05, 4.69) is 10.6 Å². The number of amides is 3. The molecule has 0 bridgehead atoms. The van der Waals surface area contributed by atoms with E-state index in [9.17, 15) is 29.1 Å². The van der Waals surface area contributed by atoms with Gasteiger partial charge in [0, 0.05) is 30.8 Å². The second-order valence-electron chi connectivity index (χ2n) is 11.4. The normalized spacial score (nSPS) is 18.4. The van der Waals surface area contributed by atoms with E-state index in [-0.39, 0.29) is 30.5 Å². The summed E-state index contributed by atoms with van der Waals surface area (Å²) in [5.74, 6) is 2.00. The summed E-state index contributed by atoms with van der Waals surface area (Å²) in [4.78, 5) is 64.5. The Balaban J connectivity index is 1.54. The average molecular weight is 574 g/mol. The minimum atomic E-state index is -1.58. The molecule has 2 heterocycles. The number of nitrogens with one attached hydrogen (secondary N) is 2. The number of hydrazine groups is 1. The highest BCUT2D eigenvalue weighted by Gasteiger charge is 2.35. The van der Waals surface area contributed by atoms with Gasteiger partial charge in [-0.05, 0) is 81.3 Å². The van der Waals surface area contributed by atoms with Crippen LogP contribution in [0.3, 0.4) is 0 Å². The Morgan fingerprint density at radius 3 is 2.44 bits per heavy atom. The standard InChI is InChI=1S/C29H43N5O7/c1-19(2)18-41-29(40)32-23-8-6-21(7-9-23)26(36)24(28(38)39)17-34(30)27(37)22-4-3-15-33(16-22)25(35)10-5-20-11-13-31-14-12-20/h6-9,19-20,22,24,31H,3-5,10-18,30H2,1-2H3,(H,32,40)(H,38,39)/t22-,24-/m1/s1. The molecule has 2 saturated heterocycles. The number of carboxylic acids is 1. The number of carboxylic acid groups (broad SMARTS) is 1. The quantitative estimate of drug-likeness (QED) is 0.0964. The lowest BCUT2D eigenvalue weighted by atomic mass is 9.92. The first-order valence-electron chi connectivity index (χ1n) is 14.4. The molecule has 0 aromatic heterocycles.